The Balaban J connectivity index is 1.88. The number of aromatic amines is 1. The second-order valence-electron chi connectivity index (χ2n) is 7.75. The molecule has 36 heavy (non-hydrogen) atoms. The first-order valence-corrected chi connectivity index (χ1v) is 12.7. The summed E-state index contributed by atoms with van der Waals surface area (Å²) in [6.45, 7) is 1.86. The highest BCUT2D eigenvalue weighted by Gasteiger charge is 2.29. The van der Waals surface area contributed by atoms with E-state index in [2.05, 4.69) is 9.72 Å². The van der Waals surface area contributed by atoms with E-state index < -0.39 is 21.8 Å². The van der Waals surface area contributed by atoms with Gasteiger partial charge in [-0.05, 0) is 49.4 Å². The van der Waals surface area contributed by atoms with Crippen LogP contribution in [0, 0.1) is 0 Å². The molecule has 0 saturated heterocycles. The minimum Gasteiger partial charge on any atom is -0.497 e. The van der Waals surface area contributed by atoms with Crippen molar-refractivity contribution in [2.75, 3.05) is 25.1 Å². The van der Waals surface area contributed by atoms with E-state index in [1.165, 1.54) is 23.5 Å². The summed E-state index contributed by atoms with van der Waals surface area (Å²) in [5.41, 5.74) is 1.78. The van der Waals surface area contributed by atoms with Gasteiger partial charge in [-0.3, -0.25) is 9.10 Å². The maximum atomic E-state index is 13.7. The molecule has 0 atom stereocenters. The zero-order valence-corrected chi connectivity index (χ0v) is 21.3. The number of H-pyrrole nitrogens is 1. The smallest absolute Gasteiger partial charge is 0.379 e. The molecule has 0 amide bonds. The highest BCUT2D eigenvalue weighted by atomic mass is 35.5. The van der Waals surface area contributed by atoms with Gasteiger partial charge in [0, 0.05) is 23.0 Å². The van der Waals surface area contributed by atoms with E-state index in [4.69, 9.17) is 16.3 Å². The van der Waals surface area contributed by atoms with Gasteiger partial charge in [-0.25, -0.2) is 13.2 Å². The fourth-order valence-corrected chi connectivity index (χ4v) is 5.98. The van der Waals surface area contributed by atoms with Gasteiger partial charge in [0.1, 0.15) is 10.6 Å². The molecule has 8 nitrogen and oxygen atoms in total. The number of ether oxygens (including phenoxy) is 2. The van der Waals surface area contributed by atoms with Crippen molar-refractivity contribution in [3.8, 4) is 17.0 Å². The van der Waals surface area contributed by atoms with E-state index in [1.807, 2.05) is 0 Å². The molecule has 0 aliphatic carbocycles. The molecule has 0 bridgehead atoms. The fraction of sp³-hybridized carbons (Fsp3) is 0.154. The number of esters is 1. The van der Waals surface area contributed by atoms with Crippen LogP contribution in [0.25, 0.3) is 22.2 Å². The third-order valence-corrected chi connectivity index (χ3v) is 8.12. The van der Waals surface area contributed by atoms with Gasteiger partial charge in [0.05, 0.1) is 36.2 Å². The summed E-state index contributed by atoms with van der Waals surface area (Å²) in [5, 5.41) is 0.526. The predicted octanol–water partition coefficient (Wildman–Crippen LogP) is 5.07. The maximum absolute atomic E-state index is 13.7. The molecule has 4 rings (SSSR count). The average molecular weight is 527 g/mol. The first-order chi connectivity index (χ1) is 17.2. The van der Waals surface area contributed by atoms with E-state index in [-0.39, 0.29) is 27.7 Å². The van der Waals surface area contributed by atoms with Crippen LogP contribution in [-0.4, -0.2) is 45.9 Å². The molecular weight excluding hydrogens is 504 g/mol. The molecule has 0 aliphatic heterocycles. The van der Waals surface area contributed by atoms with E-state index in [0.29, 0.717) is 27.9 Å². The highest BCUT2D eigenvalue weighted by molar-refractivity contribution is 7.93. The molecule has 0 saturated carbocycles. The second-order valence-corrected chi connectivity index (χ2v) is 9.99. The molecular formula is C26H23ClN2O6S. The standard InChI is InChI=1S/C26H23ClN2O6S/c1-4-29(17-10-12-18(34-2)13-11-17)36(32,33)22-15-16(9-14-20(22)27)24-23(25(30)26(31)35-3)19-7-5-6-8-21(19)28-24/h5-15,28H,4H2,1-3H3. The Morgan fingerprint density at radius 3 is 2.33 bits per heavy atom. The molecule has 1 N–H and O–H groups in total. The number of anilines is 1. The maximum Gasteiger partial charge on any atom is 0.379 e. The van der Waals surface area contributed by atoms with Gasteiger partial charge in [0.2, 0.25) is 0 Å². The molecule has 1 aromatic heterocycles. The van der Waals surface area contributed by atoms with Crippen LogP contribution < -0.4 is 9.04 Å². The lowest BCUT2D eigenvalue weighted by atomic mass is 10.0. The Hall–Kier alpha value is -3.82. The van der Waals surface area contributed by atoms with E-state index >= 15 is 0 Å². The topological polar surface area (TPSA) is 106 Å². The predicted molar refractivity (Wildman–Crippen MR) is 138 cm³/mol. The number of ketones is 1. The number of benzene rings is 3. The number of sulfonamides is 1. The molecule has 10 heteroatoms. The first kappa shape index (κ1) is 25.3. The van der Waals surface area contributed by atoms with Crippen molar-refractivity contribution in [2.45, 2.75) is 11.8 Å². The van der Waals surface area contributed by atoms with Crippen LogP contribution in [0.1, 0.15) is 17.3 Å². The van der Waals surface area contributed by atoms with Crippen LogP contribution >= 0.6 is 11.6 Å². The zero-order valence-electron chi connectivity index (χ0n) is 19.7. The number of nitrogens with one attached hydrogen (secondary N) is 1. The molecule has 1 heterocycles. The summed E-state index contributed by atoms with van der Waals surface area (Å²) in [4.78, 5) is 28.0. The Bertz CT molecular complexity index is 1560. The number of rotatable bonds is 8. The Labute approximate surface area is 213 Å². The number of halogens is 1. The molecule has 0 spiro atoms. The number of para-hydroxylation sites is 1. The van der Waals surface area contributed by atoms with Crippen LogP contribution in [0.4, 0.5) is 5.69 Å². The number of hydrogen-bond donors (Lipinski definition) is 1. The monoisotopic (exact) mass is 526 g/mol. The number of carbonyl (C=O) groups excluding carboxylic acids is 2. The Morgan fingerprint density at radius 2 is 1.69 bits per heavy atom. The third kappa shape index (κ3) is 4.43. The van der Waals surface area contributed by atoms with Crippen LogP contribution in [-0.2, 0) is 19.6 Å². The van der Waals surface area contributed by atoms with Crippen molar-refractivity contribution >= 4 is 50.0 Å². The second kappa shape index (κ2) is 10.0. The molecule has 0 radical (unpaired) electrons. The van der Waals surface area contributed by atoms with E-state index in [1.54, 1.807) is 61.5 Å². The Kier molecular flexibility index (Phi) is 7.05. The van der Waals surface area contributed by atoms with Gasteiger partial charge in [-0.2, -0.15) is 0 Å². The summed E-state index contributed by atoms with van der Waals surface area (Å²) >= 11 is 6.38. The average Bonchev–Trinajstić information content (AvgIpc) is 3.28. The largest absolute Gasteiger partial charge is 0.497 e. The number of fused-ring (bicyclic) bond motifs is 1. The summed E-state index contributed by atoms with van der Waals surface area (Å²) in [6.07, 6.45) is 0. The van der Waals surface area contributed by atoms with Gasteiger partial charge in [-0.15, -0.1) is 0 Å². The molecule has 186 valence electrons. The lowest BCUT2D eigenvalue weighted by molar-refractivity contribution is -0.135. The quantitative estimate of drug-likeness (QED) is 0.195. The van der Waals surface area contributed by atoms with Crippen LogP contribution in [0.15, 0.2) is 71.6 Å². The van der Waals surface area contributed by atoms with Crippen molar-refractivity contribution < 1.29 is 27.5 Å². The number of aromatic nitrogens is 1. The number of carbonyl (C=O) groups is 2. The number of nitrogens with zero attached hydrogens (tertiary/aromatic N) is 1. The van der Waals surface area contributed by atoms with Crippen molar-refractivity contribution in [3.63, 3.8) is 0 Å². The van der Waals surface area contributed by atoms with Crippen LogP contribution in [0.2, 0.25) is 5.02 Å². The van der Waals surface area contributed by atoms with Crippen molar-refractivity contribution in [3.05, 3.63) is 77.3 Å². The van der Waals surface area contributed by atoms with Crippen LogP contribution in [0.5, 0.6) is 5.75 Å². The normalized spacial score (nSPS) is 11.3. The van der Waals surface area contributed by atoms with Crippen molar-refractivity contribution in [1.82, 2.24) is 4.98 Å². The number of Topliss-reactive ketones (excluding diaryl/α,β-unsaturated/α-hetero) is 1. The van der Waals surface area contributed by atoms with Gasteiger partial charge in [0.15, 0.2) is 0 Å². The molecule has 3 aromatic carbocycles. The zero-order chi connectivity index (χ0) is 26.0. The van der Waals surface area contributed by atoms with Crippen LogP contribution in [0.3, 0.4) is 0 Å². The summed E-state index contributed by atoms with van der Waals surface area (Å²) in [6, 6.07) is 18.0. The van der Waals surface area contributed by atoms with Crippen molar-refractivity contribution in [2.24, 2.45) is 0 Å². The van der Waals surface area contributed by atoms with Gasteiger partial charge in [-0.1, -0.05) is 35.9 Å². The SMILES string of the molecule is CCN(c1ccc(OC)cc1)S(=O)(=O)c1cc(-c2[nH]c3ccccc3c2C(=O)C(=O)OC)ccc1Cl. The molecule has 0 aliphatic rings. The lowest BCUT2D eigenvalue weighted by Crippen LogP contribution is -2.31. The molecule has 0 unspecified atom stereocenters. The minimum absolute atomic E-state index is 0.0164. The number of hydrogen-bond acceptors (Lipinski definition) is 6. The summed E-state index contributed by atoms with van der Waals surface area (Å²) in [5.74, 6) is -1.29. The first-order valence-electron chi connectivity index (χ1n) is 10.9. The number of methoxy groups -OCH3 is 2. The summed E-state index contributed by atoms with van der Waals surface area (Å²) in [7, 11) is -1.45. The van der Waals surface area contributed by atoms with Gasteiger partial charge >= 0.3 is 5.97 Å². The molecule has 0 fully saturated rings. The fourth-order valence-electron chi connectivity index (χ4n) is 4.00. The van der Waals surface area contributed by atoms with E-state index in [9.17, 15) is 18.0 Å². The lowest BCUT2D eigenvalue weighted by Gasteiger charge is -2.24. The van der Waals surface area contributed by atoms with Crippen molar-refractivity contribution in [1.29, 1.82) is 0 Å². The van der Waals surface area contributed by atoms with E-state index in [0.717, 1.165) is 7.11 Å². The molecule has 4 aromatic rings. The Morgan fingerprint density at radius 1 is 1.00 bits per heavy atom. The minimum atomic E-state index is -4.10. The highest BCUT2D eigenvalue weighted by Crippen LogP contribution is 2.36. The van der Waals surface area contributed by atoms with Gasteiger partial charge < -0.3 is 14.5 Å². The summed E-state index contributed by atoms with van der Waals surface area (Å²) < 4.78 is 38.5. The third-order valence-electron chi connectivity index (χ3n) is 5.74. The van der Waals surface area contributed by atoms with Gasteiger partial charge in [0.25, 0.3) is 15.8 Å².